The van der Waals surface area contributed by atoms with Crippen LogP contribution >= 0.6 is 0 Å². The number of anilines is 2. The molecule has 0 bridgehead atoms. The summed E-state index contributed by atoms with van der Waals surface area (Å²) in [7, 11) is 4.14. The summed E-state index contributed by atoms with van der Waals surface area (Å²) in [6.07, 6.45) is 22.8. The molecule has 0 fully saturated rings. The highest BCUT2D eigenvalue weighted by Crippen LogP contribution is 2.15. The molecule has 0 aliphatic carbocycles. The zero-order chi connectivity index (χ0) is 32.1. The van der Waals surface area contributed by atoms with Gasteiger partial charge in [-0.05, 0) is 64.3 Å². The van der Waals surface area contributed by atoms with Gasteiger partial charge in [0, 0.05) is 24.5 Å². The molecule has 0 heterocycles. The van der Waals surface area contributed by atoms with Crippen molar-refractivity contribution in [2.24, 2.45) is 0 Å². The minimum Gasteiger partial charge on any atom is -0.448 e. The maximum absolute atomic E-state index is 12.2. The number of nitrogens with zero attached hydrogens (tertiary/aromatic N) is 2. The normalized spacial score (nSPS) is 11.2. The minimum atomic E-state index is -0.479. The van der Waals surface area contributed by atoms with Crippen LogP contribution in [0.15, 0.2) is 24.3 Å². The van der Waals surface area contributed by atoms with Gasteiger partial charge in [-0.15, -0.1) is 0 Å². The largest absolute Gasteiger partial charge is 0.448 e. The lowest BCUT2D eigenvalue weighted by Crippen LogP contribution is -2.26. The second-order valence-corrected chi connectivity index (χ2v) is 12.4. The Morgan fingerprint density at radius 2 is 0.795 bits per heavy atom. The minimum absolute atomic E-state index is 0.347. The Bertz CT molecular complexity index is 754. The third kappa shape index (κ3) is 24.1. The van der Waals surface area contributed by atoms with Crippen LogP contribution in [0.3, 0.4) is 0 Å². The van der Waals surface area contributed by atoms with E-state index in [2.05, 4.69) is 48.4 Å². The highest BCUT2D eigenvalue weighted by atomic mass is 16.6. The van der Waals surface area contributed by atoms with Crippen LogP contribution in [-0.2, 0) is 9.47 Å². The molecule has 0 saturated carbocycles. The van der Waals surface area contributed by atoms with Crippen LogP contribution in [0.5, 0.6) is 0 Å². The van der Waals surface area contributed by atoms with E-state index in [1.165, 1.54) is 116 Å². The highest BCUT2D eigenvalue weighted by Gasteiger charge is 2.08. The zero-order valence-corrected chi connectivity index (χ0v) is 28.8. The number of likely N-dealkylation sites (N-methyl/N-ethyl adjacent to an activating group) is 2. The number of ether oxygens (including phenoxy) is 2. The van der Waals surface area contributed by atoms with Crippen LogP contribution in [0, 0.1) is 0 Å². The third-order valence-corrected chi connectivity index (χ3v) is 8.08. The van der Waals surface area contributed by atoms with Gasteiger partial charge in [0.05, 0.1) is 0 Å². The molecule has 8 heteroatoms. The van der Waals surface area contributed by atoms with Gasteiger partial charge in [-0.2, -0.15) is 0 Å². The zero-order valence-electron chi connectivity index (χ0n) is 28.8. The fourth-order valence-electron chi connectivity index (χ4n) is 5.14. The molecule has 1 aromatic rings. The first-order valence-corrected chi connectivity index (χ1v) is 17.8. The Morgan fingerprint density at radius 1 is 0.500 bits per heavy atom. The lowest BCUT2D eigenvalue weighted by molar-refractivity contribution is 0.145. The second-order valence-electron chi connectivity index (χ2n) is 12.4. The van der Waals surface area contributed by atoms with Crippen molar-refractivity contribution in [3.63, 3.8) is 0 Å². The standard InChI is InChI=1S/C36H66N4O4/c1-5-7-9-11-13-15-17-19-21-27-39(3)29-31-43-35(41)37-33-23-25-34(26-24-33)38-36(42)44-32-30-40(4)28-22-20-18-16-14-12-10-8-6-2/h23-26H,5-22,27-32H2,1-4H3,(H,37,41)(H,38,42). The van der Waals surface area contributed by atoms with Gasteiger partial charge in [-0.3, -0.25) is 10.6 Å². The Hall–Kier alpha value is -2.32. The molecule has 1 rings (SSSR count). The van der Waals surface area contributed by atoms with Crippen molar-refractivity contribution in [2.75, 3.05) is 64.1 Å². The molecule has 0 aliphatic rings. The van der Waals surface area contributed by atoms with Gasteiger partial charge in [0.2, 0.25) is 0 Å². The van der Waals surface area contributed by atoms with Crippen LogP contribution in [-0.4, -0.2) is 75.5 Å². The molecule has 44 heavy (non-hydrogen) atoms. The summed E-state index contributed by atoms with van der Waals surface area (Å²) in [6.45, 7) is 8.68. The van der Waals surface area contributed by atoms with E-state index in [4.69, 9.17) is 9.47 Å². The van der Waals surface area contributed by atoms with Gasteiger partial charge < -0.3 is 19.3 Å². The summed E-state index contributed by atoms with van der Waals surface area (Å²) in [5, 5.41) is 5.47. The van der Waals surface area contributed by atoms with E-state index < -0.39 is 12.2 Å². The average molecular weight is 619 g/mol. The quantitative estimate of drug-likeness (QED) is 0.0910. The monoisotopic (exact) mass is 619 g/mol. The number of nitrogens with one attached hydrogen (secondary N) is 2. The number of benzene rings is 1. The maximum Gasteiger partial charge on any atom is 0.411 e. The third-order valence-electron chi connectivity index (χ3n) is 8.08. The molecule has 0 aromatic heterocycles. The highest BCUT2D eigenvalue weighted by molar-refractivity contribution is 5.87. The second kappa shape index (κ2) is 28.2. The van der Waals surface area contributed by atoms with Crippen LogP contribution in [0.1, 0.15) is 129 Å². The van der Waals surface area contributed by atoms with Crippen molar-refractivity contribution in [1.82, 2.24) is 9.80 Å². The predicted molar refractivity (Wildman–Crippen MR) is 186 cm³/mol. The lowest BCUT2D eigenvalue weighted by Gasteiger charge is -2.17. The molecule has 0 radical (unpaired) electrons. The molecule has 8 nitrogen and oxygen atoms in total. The summed E-state index contributed by atoms with van der Waals surface area (Å²) in [6, 6.07) is 6.91. The number of hydrogen-bond donors (Lipinski definition) is 2. The maximum atomic E-state index is 12.2. The number of carbonyl (C=O) groups is 2. The van der Waals surface area contributed by atoms with Crippen molar-refractivity contribution in [1.29, 1.82) is 0 Å². The van der Waals surface area contributed by atoms with E-state index in [1.807, 2.05) is 0 Å². The number of rotatable bonds is 28. The van der Waals surface area contributed by atoms with Crippen molar-refractivity contribution in [3.05, 3.63) is 24.3 Å². The first kappa shape index (κ1) is 39.7. The molecule has 0 spiro atoms. The van der Waals surface area contributed by atoms with Crippen molar-refractivity contribution < 1.29 is 19.1 Å². The van der Waals surface area contributed by atoms with Crippen molar-refractivity contribution in [2.45, 2.75) is 129 Å². The summed E-state index contributed by atoms with van der Waals surface area (Å²) < 4.78 is 10.7. The Kier molecular flexibility index (Phi) is 25.4. The van der Waals surface area contributed by atoms with Gasteiger partial charge >= 0.3 is 12.2 Å². The van der Waals surface area contributed by atoms with E-state index in [9.17, 15) is 9.59 Å². The van der Waals surface area contributed by atoms with E-state index >= 15 is 0 Å². The molecule has 0 aliphatic heterocycles. The summed E-state index contributed by atoms with van der Waals surface area (Å²) in [5.74, 6) is 0. The average Bonchev–Trinajstić information content (AvgIpc) is 3.00. The van der Waals surface area contributed by atoms with E-state index in [1.54, 1.807) is 24.3 Å². The van der Waals surface area contributed by atoms with Gasteiger partial charge in [0.25, 0.3) is 0 Å². The van der Waals surface area contributed by atoms with E-state index in [-0.39, 0.29) is 0 Å². The molecule has 0 unspecified atom stereocenters. The van der Waals surface area contributed by atoms with Crippen LogP contribution in [0.25, 0.3) is 0 Å². The molecule has 2 N–H and O–H groups in total. The lowest BCUT2D eigenvalue weighted by atomic mass is 10.1. The van der Waals surface area contributed by atoms with E-state index in [0.29, 0.717) is 37.7 Å². The first-order chi connectivity index (χ1) is 21.4. The number of unbranched alkanes of at least 4 members (excludes halogenated alkanes) is 16. The predicted octanol–water partition coefficient (Wildman–Crippen LogP) is 9.71. The van der Waals surface area contributed by atoms with Crippen molar-refractivity contribution >= 4 is 23.6 Å². The molecule has 0 atom stereocenters. The summed E-state index contributed by atoms with van der Waals surface area (Å²) in [4.78, 5) is 28.8. The smallest absolute Gasteiger partial charge is 0.411 e. The first-order valence-electron chi connectivity index (χ1n) is 17.8. The number of carbonyl (C=O) groups excluding carboxylic acids is 2. The molecule has 1 aromatic carbocycles. The topological polar surface area (TPSA) is 83.1 Å². The van der Waals surface area contributed by atoms with E-state index in [0.717, 1.165) is 13.1 Å². The molecule has 2 amide bonds. The molecule has 254 valence electrons. The van der Waals surface area contributed by atoms with Gasteiger partial charge in [-0.25, -0.2) is 9.59 Å². The molecule has 0 saturated heterocycles. The molecular weight excluding hydrogens is 552 g/mol. The fourth-order valence-corrected chi connectivity index (χ4v) is 5.14. The SMILES string of the molecule is CCCCCCCCCCCN(C)CCOC(=O)Nc1ccc(NC(=O)OCCN(C)CCCCCCCCCCC)cc1. The van der Waals surface area contributed by atoms with Crippen molar-refractivity contribution in [3.8, 4) is 0 Å². The number of hydrogen-bond acceptors (Lipinski definition) is 6. The summed E-state index contributed by atoms with van der Waals surface area (Å²) >= 11 is 0. The van der Waals surface area contributed by atoms with Crippen LogP contribution in [0.4, 0.5) is 21.0 Å². The van der Waals surface area contributed by atoms with Crippen LogP contribution in [0.2, 0.25) is 0 Å². The Morgan fingerprint density at radius 3 is 1.11 bits per heavy atom. The van der Waals surface area contributed by atoms with Gasteiger partial charge in [0.1, 0.15) is 13.2 Å². The van der Waals surface area contributed by atoms with Gasteiger partial charge in [-0.1, -0.05) is 117 Å². The number of amides is 2. The van der Waals surface area contributed by atoms with Crippen LogP contribution < -0.4 is 10.6 Å². The fraction of sp³-hybridized carbons (Fsp3) is 0.778. The molecular formula is C36H66N4O4. The van der Waals surface area contributed by atoms with Gasteiger partial charge in [0.15, 0.2) is 0 Å². The summed E-state index contributed by atoms with van der Waals surface area (Å²) in [5.41, 5.74) is 1.21. The Balaban J connectivity index is 2.06. The Labute approximate surface area is 270 Å².